The van der Waals surface area contributed by atoms with Crippen LogP contribution in [-0.2, 0) is 11.2 Å². The lowest BCUT2D eigenvalue weighted by Crippen LogP contribution is -2.19. The Bertz CT molecular complexity index is 890. The molecule has 0 radical (unpaired) electrons. The lowest BCUT2D eigenvalue weighted by atomic mass is 9.75. The van der Waals surface area contributed by atoms with Crippen molar-refractivity contribution in [1.82, 2.24) is 4.98 Å². The highest BCUT2D eigenvalue weighted by Gasteiger charge is 2.27. The third-order valence-corrected chi connectivity index (χ3v) is 7.41. The maximum atomic E-state index is 11.9. The van der Waals surface area contributed by atoms with Crippen LogP contribution in [0.1, 0.15) is 108 Å². The van der Waals surface area contributed by atoms with Gasteiger partial charge in [-0.05, 0) is 80.4 Å². The Kier molecular flexibility index (Phi) is 10.9. The summed E-state index contributed by atoms with van der Waals surface area (Å²) in [5.74, 6) is 0.0187. The maximum Gasteiger partial charge on any atom is 0.331 e. The minimum Gasteiger partial charge on any atom is -0.478 e. The molecule has 1 fully saturated rings. The first-order chi connectivity index (χ1) is 16.6. The molecule has 184 valence electrons. The van der Waals surface area contributed by atoms with Gasteiger partial charge in [-0.2, -0.15) is 0 Å². The van der Waals surface area contributed by atoms with Gasteiger partial charge in [-0.3, -0.25) is 4.98 Å². The molecule has 0 bridgehead atoms. The average molecular weight is 462 g/mol. The number of aromatic nitrogens is 1. The Morgan fingerprint density at radius 2 is 1.62 bits per heavy atom. The number of aryl methyl sites for hydroxylation is 1. The van der Waals surface area contributed by atoms with E-state index in [-0.39, 0.29) is 5.92 Å². The SMILES string of the molecule is CCCCCCC=C(C(=O)O)[C@H]1CC[C@H](c2ccc(-c3ccc(CCCCC)cn3)cc2)CC1. The number of unbranched alkanes of at least 4 members (excludes halogenated alkanes) is 6. The van der Waals surface area contributed by atoms with Gasteiger partial charge in [0, 0.05) is 17.3 Å². The molecule has 3 nitrogen and oxygen atoms in total. The monoisotopic (exact) mass is 461 g/mol. The van der Waals surface area contributed by atoms with Crippen molar-refractivity contribution in [3.8, 4) is 11.3 Å². The molecule has 0 amide bonds. The summed E-state index contributed by atoms with van der Waals surface area (Å²) in [7, 11) is 0. The van der Waals surface area contributed by atoms with Crippen molar-refractivity contribution in [2.45, 2.75) is 103 Å². The van der Waals surface area contributed by atoms with Gasteiger partial charge < -0.3 is 5.11 Å². The van der Waals surface area contributed by atoms with Crippen LogP contribution < -0.4 is 0 Å². The van der Waals surface area contributed by atoms with Gasteiger partial charge in [-0.25, -0.2) is 4.79 Å². The van der Waals surface area contributed by atoms with E-state index in [0.29, 0.717) is 11.5 Å². The molecular formula is C31H43NO2. The summed E-state index contributed by atoms with van der Waals surface area (Å²) in [4.78, 5) is 16.5. The molecule has 0 spiro atoms. The van der Waals surface area contributed by atoms with E-state index in [1.165, 1.54) is 49.7 Å². The Balaban J connectivity index is 1.53. The van der Waals surface area contributed by atoms with E-state index in [0.717, 1.165) is 56.2 Å². The zero-order chi connectivity index (χ0) is 24.2. The Hall–Kier alpha value is -2.42. The molecule has 0 atom stereocenters. The molecule has 3 heteroatoms. The highest BCUT2D eigenvalue weighted by Crippen LogP contribution is 2.39. The Morgan fingerprint density at radius 1 is 0.912 bits per heavy atom. The number of allylic oxidation sites excluding steroid dienone is 1. The van der Waals surface area contributed by atoms with Gasteiger partial charge in [-0.15, -0.1) is 0 Å². The molecule has 34 heavy (non-hydrogen) atoms. The third kappa shape index (κ3) is 7.82. The molecule has 1 saturated carbocycles. The van der Waals surface area contributed by atoms with Crippen LogP contribution in [0.3, 0.4) is 0 Å². The fourth-order valence-electron chi connectivity index (χ4n) is 5.24. The van der Waals surface area contributed by atoms with Gasteiger partial charge in [0.05, 0.1) is 5.69 Å². The molecule has 1 aliphatic rings. The average Bonchev–Trinajstić information content (AvgIpc) is 2.87. The van der Waals surface area contributed by atoms with Crippen molar-refractivity contribution >= 4 is 5.97 Å². The van der Waals surface area contributed by atoms with Crippen LogP contribution in [0.5, 0.6) is 0 Å². The quantitative estimate of drug-likeness (QED) is 0.240. The molecule has 0 unspecified atom stereocenters. The van der Waals surface area contributed by atoms with Crippen molar-refractivity contribution in [3.05, 3.63) is 65.4 Å². The van der Waals surface area contributed by atoms with Crippen LogP contribution in [-0.4, -0.2) is 16.1 Å². The number of hydrogen-bond acceptors (Lipinski definition) is 2. The number of aliphatic carboxylic acids is 1. The topological polar surface area (TPSA) is 50.2 Å². The number of pyridine rings is 1. The highest BCUT2D eigenvalue weighted by atomic mass is 16.4. The van der Waals surface area contributed by atoms with Crippen LogP contribution in [0.25, 0.3) is 11.3 Å². The second-order valence-electron chi connectivity index (χ2n) is 9.99. The van der Waals surface area contributed by atoms with Crippen LogP contribution in [0.2, 0.25) is 0 Å². The van der Waals surface area contributed by atoms with Gasteiger partial charge in [0.1, 0.15) is 0 Å². The summed E-state index contributed by atoms with van der Waals surface area (Å²) < 4.78 is 0. The lowest BCUT2D eigenvalue weighted by Gasteiger charge is -2.29. The summed E-state index contributed by atoms with van der Waals surface area (Å²) in [5.41, 5.74) is 5.55. The largest absolute Gasteiger partial charge is 0.478 e. The molecule has 0 saturated heterocycles. The zero-order valence-electron chi connectivity index (χ0n) is 21.3. The molecular weight excluding hydrogens is 418 g/mol. The van der Waals surface area contributed by atoms with E-state index in [4.69, 9.17) is 4.98 Å². The van der Waals surface area contributed by atoms with E-state index in [2.05, 4.69) is 50.2 Å². The number of rotatable bonds is 13. The zero-order valence-corrected chi connectivity index (χ0v) is 21.3. The van der Waals surface area contributed by atoms with Crippen molar-refractivity contribution in [1.29, 1.82) is 0 Å². The van der Waals surface area contributed by atoms with Crippen molar-refractivity contribution < 1.29 is 9.90 Å². The molecule has 1 aliphatic carbocycles. The number of carbonyl (C=O) groups is 1. The first-order valence-corrected chi connectivity index (χ1v) is 13.6. The van der Waals surface area contributed by atoms with Crippen molar-refractivity contribution in [2.75, 3.05) is 0 Å². The molecule has 0 aliphatic heterocycles. The van der Waals surface area contributed by atoms with Gasteiger partial charge in [0.15, 0.2) is 0 Å². The van der Waals surface area contributed by atoms with Gasteiger partial charge >= 0.3 is 5.97 Å². The number of benzene rings is 1. The van der Waals surface area contributed by atoms with Gasteiger partial charge in [0.2, 0.25) is 0 Å². The number of carboxylic acids is 1. The summed E-state index contributed by atoms with van der Waals surface area (Å²) in [6, 6.07) is 13.2. The second-order valence-corrected chi connectivity index (χ2v) is 9.99. The van der Waals surface area contributed by atoms with Crippen LogP contribution in [0, 0.1) is 5.92 Å². The Morgan fingerprint density at radius 3 is 2.24 bits per heavy atom. The summed E-state index contributed by atoms with van der Waals surface area (Å²) in [6.45, 7) is 4.44. The van der Waals surface area contributed by atoms with E-state index in [1.54, 1.807) is 0 Å². The molecule has 1 heterocycles. The fraction of sp³-hybridized carbons (Fsp3) is 0.548. The summed E-state index contributed by atoms with van der Waals surface area (Å²) in [5, 5.41) is 9.75. The molecule has 1 N–H and O–H groups in total. The number of hydrogen-bond donors (Lipinski definition) is 1. The Labute approximate surface area is 206 Å². The van der Waals surface area contributed by atoms with Crippen LogP contribution in [0.15, 0.2) is 54.2 Å². The molecule has 1 aromatic carbocycles. The first-order valence-electron chi connectivity index (χ1n) is 13.6. The predicted molar refractivity (Wildman–Crippen MR) is 142 cm³/mol. The maximum absolute atomic E-state index is 11.9. The standard InChI is InChI=1S/C31H43NO2/c1-3-5-7-8-10-12-29(31(33)34)27-18-14-25(15-19-27)26-16-20-28(21-17-26)30-22-13-24(23-32-30)11-9-6-4-2/h12-13,16-17,20-23,25,27H,3-11,14-15,18-19H2,1-2H3,(H,33,34)/t25-,27-. The highest BCUT2D eigenvalue weighted by molar-refractivity contribution is 5.87. The van der Waals surface area contributed by atoms with E-state index in [1.807, 2.05) is 12.3 Å². The van der Waals surface area contributed by atoms with E-state index < -0.39 is 5.97 Å². The minimum atomic E-state index is -0.716. The first kappa shape index (κ1) is 26.2. The summed E-state index contributed by atoms with van der Waals surface area (Å²) in [6.07, 6.45) is 18.6. The van der Waals surface area contributed by atoms with E-state index >= 15 is 0 Å². The number of nitrogens with zero attached hydrogens (tertiary/aromatic N) is 1. The normalized spacial score (nSPS) is 18.7. The fourth-order valence-corrected chi connectivity index (χ4v) is 5.24. The second kappa shape index (κ2) is 14.1. The van der Waals surface area contributed by atoms with E-state index in [9.17, 15) is 9.90 Å². The minimum absolute atomic E-state index is 0.208. The van der Waals surface area contributed by atoms with Gasteiger partial charge in [-0.1, -0.05) is 82.4 Å². The number of carboxylic acid groups (broad SMARTS) is 1. The molecule has 3 rings (SSSR count). The van der Waals surface area contributed by atoms with Crippen LogP contribution in [0.4, 0.5) is 0 Å². The lowest BCUT2D eigenvalue weighted by molar-refractivity contribution is -0.133. The summed E-state index contributed by atoms with van der Waals surface area (Å²) >= 11 is 0. The smallest absolute Gasteiger partial charge is 0.331 e. The van der Waals surface area contributed by atoms with Crippen molar-refractivity contribution in [2.24, 2.45) is 5.92 Å². The third-order valence-electron chi connectivity index (χ3n) is 7.41. The molecule has 1 aromatic heterocycles. The van der Waals surface area contributed by atoms with Crippen LogP contribution >= 0.6 is 0 Å². The van der Waals surface area contributed by atoms with Crippen molar-refractivity contribution in [3.63, 3.8) is 0 Å². The predicted octanol–water partition coefficient (Wildman–Crippen LogP) is 8.74. The van der Waals surface area contributed by atoms with Gasteiger partial charge in [0.25, 0.3) is 0 Å². The molecule has 2 aromatic rings.